The van der Waals surface area contributed by atoms with Crippen molar-refractivity contribution in [1.29, 1.82) is 0 Å². The monoisotopic (exact) mass is 254 g/mol. The van der Waals surface area contributed by atoms with E-state index in [4.69, 9.17) is 11.6 Å². The fourth-order valence-electron chi connectivity index (χ4n) is 1.82. The molecule has 0 aliphatic rings. The minimum atomic E-state index is 0.00796. The van der Waals surface area contributed by atoms with Crippen LogP contribution in [0, 0.1) is 0 Å². The summed E-state index contributed by atoms with van der Waals surface area (Å²) in [5.41, 5.74) is 1.17. The summed E-state index contributed by atoms with van der Waals surface area (Å²) in [6.45, 7) is 2.20. The van der Waals surface area contributed by atoms with Crippen LogP contribution in [0.15, 0.2) is 24.3 Å². The van der Waals surface area contributed by atoms with Crippen molar-refractivity contribution < 1.29 is 4.79 Å². The lowest BCUT2D eigenvalue weighted by Crippen LogP contribution is -2.27. The fraction of sp³-hybridized carbons (Fsp3) is 0.462. The van der Waals surface area contributed by atoms with Gasteiger partial charge in [-0.15, -0.1) is 0 Å². The second kappa shape index (κ2) is 6.62. The third-order valence-corrected chi connectivity index (χ3v) is 2.88. The first kappa shape index (κ1) is 14.0. The maximum atomic E-state index is 10.8. The highest BCUT2D eigenvalue weighted by Gasteiger charge is 2.13. The van der Waals surface area contributed by atoms with E-state index in [9.17, 15) is 4.79 Å². The molecular formula is C13H19ClN2O. The molecular weight excluding hydrogens is 236 g/mol. The van der Waals surface area contributed by atoms with Crippen LogP contribution in [0.5, 0.6) is 0 Å². The molecule has 1 aromatic rings. The van der Waals surface area contributed by atoms with E-state index in [1.54, 1.807) is 0 Å². The number of carbonyl (C=O) groups is 1. The smallest absolute Gasteiger partial charge is 0.216 e. The van der Waals surface area contributed by atoms with Crippen LogP contribution >= 0.6 is 11.6 Å². The van der Waals surface area contributed by atoms with Crippen molar-refractivity contribution in [3.05, 3.63) is 34.9 Å². The van der Waals surface area contributed by atoms with Gasteiger partial charge in [0.05, 0.1) is 0 Å². The van der Waals surface area contributed by atoms with Gasteiger partial charge in [0.25, 0.3) is 0 Å². The molecule has 0 aliphatic carbocycles. The number of carbonyl (C=O) groups excluding carboxylic acids is 1. The second-order valence-electron chi connectivity index (χ2n) is 4.31. The molecule has 0 aromatic heterocycles. The molecule has 1 amide bonds. The van der Waals surface area contributed by atoms with Crippen molar-refractivity contribution in [2.75, 3.05) is 20.6 Å². The molecule has 4 heteroatoms. The van der Waals surface area contributed by atoms with E-state index in [1.165, 1.54) is 12.5 Å². The van der Waals surface area contributed by atoms with E-state index in [2.05, 4.69) is 16.3 Å². The van der Waals surface area contributed by atoms with Crippen LogP contribution in [0.2, 0.25) is 5.02 Å². The summed E-state index contributed by atoms with van der Waals surface area (Å²) in [4.78, 5) is 13.0. The van der Waals surface area contributed by atoms with E-state index in [0.29, 0.717) is 6.54 Å². The summed E-state index contributed by atoms with van der Waals surface area (Å²) in [5.74, 6) is 0.00796. The van der Waals surface area contributed by atoms with Crippen molar-refractivity contribution in [3.63, 3.8) is 0 Å². The van der Waals surface area contributed by atoms with E-state index in [1.807, 2.05) is 32.3 Å². The molecule has 1 atom stereocenters. The summed E-state index contributed by atoms with van der Waals surface area (Å²) in [7, 11) is 4.05. The zero-order valence-electron chi connectivity index (χ0n) is 10.5. The Bertz CT molecular complexity index is 379. The van der Waals surface area contributed by atoms with Gasteiger partial charge in [-0.2, -0.15) is 0 Å². The van der Waals surface area contributed by atoms with Crippen LogP contribution in [0.25, 0.3) is 0 Å². The Morgan fingerprint density at radius 3 is 2.71 bits per heavy atom. The van der Waals surface area contributed by atoms with Crippen molar-refractivity contribution in [1.82, 2.24) is 10.2 Å². The quantitative estimate of drug-likeness (QED) is 0.876. The minimum Gasteiger partial charge on any atom is -0.356 e. The van der Waals surface area contributed by atoms with Crippen LogP contribution in [-0.4, -0.2) is 31.4 Å². The number of nitrogens with one attached hydrogen (secondary N) is 1. The molecule has 0 saturated carbocycles. The van der Waals surface area contributed by atoms with E-state index >= 15 is 0 Å². The number of nitrogens with zero attached hydrogens (tertiary/aromatic N) is 1. The zero-order valence-corrected chi connectivity index (χ0v) is 11.3. The first-order chi connectivity index (χ1) is 8.00. The Hall–Kier alpha value is -1.06. The lowest BCUT2D eigenvalue weighted by Gasteiger charge is -2.25. The molecule has 94 valence electrons. The Morgan fingerprint density at radius 1 is 1.47 bits per heavy atom. The number of hydrogen-bond donors (Lipinski definition) is 1. The van der Waals surface area contributed by atoms with E-state index in [0.717, 1.165) is 11.4 Å². The van der Waals surface area contributed by atoms with E-state index in [-0.39, 0.29) is 11.9 Å². The average molecular weight is 255 g/mol. The highest BCUT2D eigenvalue weighted by atomic mass is 35.5. The van der Waals surface area contributed by atoms with Gasteiger partial charge in [-0.25, -0.2) is 0 Å². The number of amides is 1. The first-order valence-electron chi connectivity index (χ1n) is 5.67. The molecule has 0 saturated heterocycles. The SMILES string of the molecule is CC(=O)NCCC(c1cccc(Cl)c1)N(C)C. The molecule has 1 N–H and O–H groups in total. The molecule has 1 aromatic carbocycles. The van der Waals surface area contributed by atoms with Crippen molar-refractivity contribution in [2.45, 2.75) is 19.4 Å². The van der Waals surface area contributed by atoms with Crippen molar-refractivity contribution in [2.24, 2.45) is 0 Å². The molecule has 0 radical (unpaired) electrons. The minimum absolute atomic E-state index is 0.00796. The van der Waals surface area contributed by atoms with Crippen LogP contribution in [0.3, 0.4) is 0 Å². The van der Waals surface area contributed by atoms with Gasteiger partial charge in [0.15, 0.2) is 0 Å². The van der Waals surface area contributed by atoms with Gasteiger partial charge in [0, 0.05) is 24.5 Å². The zero-order chi connectivity index (χ0) is 12.8. The highest BCUT2D eigenvalue weighted by Crippen LogP contribution is 2.23. The predicted octanol–water partition coefficient (Wildman–Crippen LogP) is 2.47. The van der Waals surface area contributed by atoms with Gasteiger partial charge in [0.1, 0.15) is 0 Å². The third-order valence-electron chi connectivity index (χ3n) is 2.65. The normalized spacial score (nSPS) is 12.5. The summed E-state index contributed by atoms with van der Waals surface area (Å²) in [6.07, 6.45) is 0.868. The lowest BCUT2D eigenvalue weighted by molar-refractivity contribution is -0.119. The van der Waals surface area contributed by atoms with Crippen molar-refractivity contribution in [3.8, 4) is 0 Å². The van der Waals surface area contributed by atoms with Gasteiger partial charge in [0.2, 0.25) is 5.91 Å². The number of hydrogen-bond acceptors (Lipinski definition) is 2. The predicted molar refractivity (Wildman–Crippen MR) is 71.2 cm³/mol. The molecule has 1 rings (SSSR count). The topological polar surface area (TPSA) is 32.3 Å². The fourth-order valence-corrected chi connectivity index (χ4v) is 2.02. The molecule has 0 heterocycles. The molecule has 17 heavy (non-hydrogen) atoms. The van der Waals surface area contributed by atoms with Crippen LogP contribution in [-0.2, 0) is 4.79 Å². The Kier molecular flexibility index (Phi) is 5.45. The molecule has 0 fully saturated rings. The van der Waals surface area contributed by atoms with Crippen molar-refractivity contribution >= 4 is 17.5 Å². The molecule has 0 aliphatic heterocycles. The average Bonchev–Trinajstić information content (AvgIpc) is 2.23. The van der Waals surface area contributed by atoms with Gasteiger partial charge in [-0.1, -0.05) is 23.7 Å². The highest BCUT2D eigenvalue weighted by molar-refractivity contribution is 6.30. The van der Waals surface area contributed by atoms with Crippen LogP contribution < -0.4 is 5.32 Å². The maximum Gasteiger partial charge on any atom is 0.216 e. The summed E-state index contributed by atoms with van der Waals surface area (Å²) >= 11 is 5.99. The number of benzene rings is 1. The lowest BCUT2D eigenvalue weighted by atomic mass is 10.0. The van der Waals surface area contributed by atoms with Crippen LogP contribution in [0.4, 0.5) is 0 Å². The summed E-state index contributed by atoms with van der Waals surface area (Å²) in [6, 6.07) is 8.11. The molecule has 1 unspecified atom stereocenters. The van der Waals surface area contributed by atoms with Gasteiger partial charge in [-0.3, -0.25) is 4.79 Å². The Labute approximate surface area is 108 Å². The summed E-state index contributed by atoms with van der Waals surface area (Å²) < 4.78 is 0. The first-order valence-corrected chi connectivity index (χ1v) is 6.05. The molecule has 0 spiro atoms. The van der Waals surface area contributed by atoms with Gasteiger partial charge >= 0.3 is 0 Å². The molecule has 3 nitrogen and oxygen atoms in total. The van der Waals surface area contributed by atoms with Crippen LogP contribution in [0.1, 0.15) is 24.9 Å². The molecule has 0 bridgehead atoms. The third kappa shape index (κ3) is 4.75. The van der Waals surface area contributed by atoms with E-state index < -0.39 is 0 Å². The Morgan fingerprint density at radius 2 is 2.18 bits per heavy atom. The number of rotatable bonds is 5. The maximum absolute atomic E-state index is 10.8. The van der Waals surface area contributed by atoms with Gasteiger partial charge in [-0.05, 0) is 38.2 Å². The second-order valence-corrected chi connectivity index (χ2v) is 4.74. The summed E-state index contributed by atoms with van der Waals surface area (Å²) in [5, 5.41) is 3.56. The standard InChI is InChI=1S/C13H19ClN2O/c1-10(17)15-8-7-13(16(2)3)11-5-4-6-12(14)9-11/h4-6,9,13H,7-8H2,1-3H3,(H,15,17). The van der Waals surface area contributed by atoms with Gasteiger partial charge < -0.3 is 10.2 Å². The number of halogens is 1. The largest absolute Gasteiger partial charge is 0.356 e. The Balaban J connectivity index is 2.69.